The maximum Gasteiger partial charge on any atom is 0.314 e. The van der Waals surface area contributed by atoms with Crippen LogP contribution in [0.1, 0.15) is 33.3 Å². The Balaban J connectivity index is 0.00000288. The van der Waals surface area contributed by atoms with Gasteiger partial charge in [-0.3, -0.25) is 24.6 Å². The third-order valence-electron chi connectivity index (χ3n) is 3.79. The molecule has 1 aromatic carbocycles. The lowest BCUT2D eigenvalue weighted by Gasteiger charge is -2.30. The largest absolute Gasteiger partial charge is 0.316 e. The maximum atomic E-state index is 11.6. The van der Waals surface area contributed by atoms with Crippen LogP contribution < -0.4 is 11.1 Å². The molecule has 2 N–H and O–H groups in total. The highest BCUT2D eigenvalue weighted by atomic mass is 79.9. The SMILES string of the molecule is Br.CC(C)N(Cc1cc([N+](=O)[O-])cc2[nH]c(=O)c(=O)[nH]c12)C(C)C. The first-order chi connectivity index (χ1) is 10.7. The number of aromatic amines is 2. The van der Waals surface area contributed by atoms with Crippen molar-refractivity contribution in [1.82, 2.24) is 14.9 Å². The van der Waals surface area contributed by atoms with Crippen molar-refractivity contribution in [3.63, 3.8) is 0 Å². The van der Waals surface area contributed by atoms with Crippen molar-refractivity contribution in [3.05, 3.63) is 48.5 Å². The van der Waals surface area contributed by atoms with Gasteiger partial charge in [-0.2, -0.15) is 0 Å². The number of non-ortho nitro benzene ring substituents is 1. The molecule has 0 aliphatic carbocycles. The summed E-state index contributed by atoms with van der Waals surface area (Å²) in [5, 5.41) is 11.1. The minimum absolute atomic E-state index is 0. The number of benzene rings is 1. The standard InChI is InChI=1S/C15H20N4O4.BrH/c1-8(2)18(9(3)4)7-10-5-11(19(22)23)6-12-13(10)17-15(21)14(20)16-12;/h5-6,8-9H,7H2,1-4H3,(H,16,20)(H,17,21);1H. The minimum Gasteiger partial charge on any atom is -0.316 e. The summed E-state index contributed by atoms with van der Waals surface area (Å²) in [5.74, 6) is 0. The second-order valence-corrected chi connectivity index (χ2v) is 6.05. The summed E-state index contributed by atoms with van der Waals surface area (Å²) in [5.41, 5.74) is -0.438. The van der Waals surface area contributed by atoms with Gasteiger partial charge in [-0.25, -0.2) is 0 Å². The number of aromatic nitrogens is 2. The van der Waals surface area contributed by atoms with Crippen LogP contribution in [0.2, 0.25) is 0 Å². The number of rotatable bonds is 5. The normalized spacial score (nSPS) is 11.3. The first kappa shape index (κ1) is 20.0. The average Bonchev–Trinajstić information content (AvgIpc) is 2.44. The molecule has 0 fully saturated rings. The van der Waals surface area contributed by atoms with Gasteiger partial charge >= 0.3 is 11.1 Å². The van der Waals surface area contributed by atoms with E-state index in [1.54, 1.807) is 0 Å². The minimum atomic E-state index is -0.825. The van der Waals surface area contributed by atoms with E-state index in [2.05, 4.69) is 14.9 Å². The Morgan fingerprint density at radius 3 is 2.12 bits per heavy atom. The van der Waals surface area contributed by atoms with Gasteiger partial charge in [-0.05, 0) is 33.3 Å². The Labute approximate surface area is 148 Å². The molecular formula is C15H21BrN4O4. The number of H-pyrrole nitrogens is 2. The fourth-order valence-corrected chi connectivity index (χ4v) is 2.67. The number of halogens is 1. The zero-order valence-electron chi connectivity index (χ0n) is 14.0. The molecule has 0 saturated carbocycles. The Bertz CT molecular complexity index is 849. The van der Waals surface area contributed by atoms with E-state index in [1.807, 2.05) is 27.7 Å². The van der Waals surface area contributed by atoms with Crippen molar-refractivity contribution in [2.45, 2.75) is 46.3 Å². The number of nitro groups is 1. The zero-order valence-corrected chi connectivity index (χ0v) is 15.7. The second-order valence-electron chi connectivity index (χ2n) is 6.05. The summed E-state index contributed by atoms with van der Waals surface area (Å²) in [7, 11) is 0. The van der Waals surface area contributed by atoms with E-state index in [0.717, 1.165) is 0 Å². The van der Waals surface area contributed by atoms with E-state index >= 15 is 0 Å². The third kappa shape index (κ3) is 4.09. The van der Waals surface area contributed by atoms with Crippen LogP contribution in [0.5, 0.6) is 0 Å². The van der Waals surface area contributed by atoms with Crippen molar-refractivity contribution in [3.8, 4) is 0 Å². The zero-order chi connectivity index (χ0) is 17.3. The highest BCUT2D eigenvalue weighted by Gasteiger charge is 2.19. The van der Waals surface area contributed by atoms with Gasteiger partial charge in [0, 0.05) is 30.8 Å². The lowest BCUT2D eigenvalue weighted by molar-refractivity contribution is -0.384. The Morgan fingerprint density at radius 2 is 1.62 bits per heavy atom. The van der Waals surface area contributed by atoms with E-state index in [0.29, 0.717) is 17.6 Å². The highest BCUT2D eigenvalue weighted by molar-refractivity contribution is 8.93. The molecule has 2 aromatic rings. The van der Waals surface area contributed by atoms with Crippen LogP contribution in [0.3, 0.4) is 0 Å². The number of hydrogen-bond donors (Lipinski definition) is 2. The van der Waals surface area contributed by atoms with Gasteiger partial charge in [0.05, 0.1) is 16.0 Å². The lowest BCUT2D eigenvalue weighted by atomic mass is 10.1. The molecule has 0 saturated heterocycles. The highest BCUT2D eigenvalue weighted by Crippen LogP contribution is 2.24. The molecular weight excluding hydrogens is 380 g/mol. The van der Waals surface area contributed by atoms with Gasteiger partial charge in [0.25, 0.3) is 5.69 Å². The summed E-state index contributed by atoms with van der Waals surface area (Å²) in [6, 6.07) is 3.14. The summed E-state index contributed by atoms with van der Waals surface area (Å²) in [6.45, 7) is 8.55. The topological polar surface area (TPSA) is 112 Å². The van der Waals surface area contributed by atoms with E-state index in [1.165, 1.54) is 12.1 Å². The molecule has 0 spiro atoms. The van der Waals surface area contributed by atoms with Gasteiger partial charge in [0.1, 0.15) is 0 Å². The molecule has 0 amide bonds. The van der Waals surface area contributed by atoms with Crippen molar-refractivity contribution < 1.29 is 4.92 Å². The molecule has 1 aromatic heterocycles. The number of fused-ring (bicyclic) bond motifs is 1. The molecule has 0 atom stereocenters. The quantitative estimate of drug-likeness (QED) is 0.454. The van der Waals surface area contributed by atoms with Crippen LogP contribution in [-0.2, 0) is 6.54 Å². The molecule has 9 heteroatoms. The summed E-state index contributed by atoms with van der Waals surface area (Å²) < 4.78 is 0. The van der Waals surface area contributed by atoms with Crippen molar-refractivity contribution >= 4 is 33.7 Å². The van der Waals surface area contributed by atoms with E-state index in [4.69, 9.17) is 0 Å². The fraction of sp³-hybridized carbons (Fsp3) is 0.467. The molecule has 1 heterocycles. The van der Waals surface area contributed by atoms with Crippen molar-refractivity contribution in [1.29, 1.82) is 0 Å². The van der Waals surface area contributed by atoms with Gasteiger partial charge in [-0.15, -0.1) is 17.0 Å². The van der Waals surface area contributed by atoms with E-state index in [-0.39, 0.29) is 40.3 Å². The summed E-state index contributed by atoms with van der Waals surface area (Å²) in [6.07, 6.45) is 0. The predicted octanol–water partition coefficient (Wildman–Crippen LogP) is 2.32. The third-order valence-corrected chi connectivity index (χ3v) is 3.79. The van der Waals surface area contributed by atoms with Crippen LogP contribution >= 0.6 is 17.0 Å². The molecule has 2 rings (SSSR count). The predicted molar refractivity (Wildman–Crippen MR) is 98.0 cm³/mol. The summed E-state index contributed by atoms with van der Waals surface area (Å²) in [4.78, 5) is 40.8. The molecule has 0 bridgehead atoms. The molecule has 24 heavy (non-hydrogen) atoms. The van der Waals surface area contributed by atoms with Crippen molar-refractivity contribution in [2.75, 3.05) is 0 Å². The molecule has 8 nitrogen and oxygen atoms in total. The molecule has 0 radical (unpaired) electrons. The average molecular weight is 401 g/mol. The smallest absolute Gasteiger partial charge is 0.314 e. The van der Waals surface area contributed by atoms with Crippen LogP contribution in [0, 0.1) is 10.1 Å². The number of nitro benzene ring substituents is 1. The summed E-state index contributed by atoms with van der Waals surface area (Å²) >= 11 is 0. The lowest BCUT2D eigenvalue weighted by Crippen LogP contribution is -2.36. The number of nitrogens with one attached hydrogen (secondary N) is 2. The van der Waals surface area contributed by atoms with Gasteiger partial charge in [0.2, 0.25) is 0 Å². The number of nitrogens with zero attached hydrogens (tertiary/aromatic N) is 2. The van der Waals surface area contributed by atoms with Crippen LogP contribution in [-0.4, -0.2) is 31.9 Å². The van der Waals surface area contributed by atoms with Gasteiger partial charge in [0.15, 0.2) is 0 Å². The van der Waals surface area contributed by atoms with Crippen LogP contribution in [0.15, 0.2) is 21.7 Å². The first-order valence-corrected chi connectivity index (χ1v) is 7.40. The Morgan fingerprint density at radius 1 is 1.08 bits per heavy atom. The monoisotopic (exact) mass is 400 g/mol. The molecule has 0 unspecified atom stereocenters. The Kier molecular flexibility index (Phi) is 6.44. The molecule has 0 aliphatic heterocycles. The van der Waals surface area contributed by atoms with Gasteiger partial charge in [-0.1, -0.05) is 0 Å². The molecule has 132 valence electrons. The number of hydrogen-bond acceptors (Lipinski definition) is 5. The van der Waals surface area contributed by atoms with Gasteiger partial charge < -0.3 is 9.97 Å². The van der Waals surface area contributed by atoms with Crippen LogP contribution in [0.25, 0.3) is 11.0 Å². The van der Waals surface area contributed by atoms with E-state index < -0.39 is 16.0 Å². The fourth-order valence-electron chi connectivity index (χ4n) is 2.67. The maximum absolute atomic E-state index is 11.6. The Hall–Kier alpha value is -2.00. The molecule has 0 aliphatic rings. The van der Waals surface area contributed by atoms with Crippen LogP contribution in [0.4, 0.5) is 5.69 Å². The first-order valence-electron chi connectivity index (χ1n) is 7.40. The van der Waals surface area contributed by atoms with Crippen molar-refractivity contribution in [2.24, 2.45) is 0 Å². The van der Waals surface area contributed by atoms with E-state index in [9.17, 15) is 19.7 Å². The second kappa shape index (κ2) is 7.71.